The van der Waals surface area contributed by atoms with Crippen LogP contribution < -0.4 is 14.7 Å². The van der Waals surface area contributed by atoms with Crippen LogP contribution in [-0.2, 0) is 19.1 Å². The number of pyridine rings is 1. The van der Waals surface area contributed by atoms with E-state index >= 15 is 0 Å². The van der Waals surface area contributed by atoms with Crippen molar-refractivity contribution in [2.45, 2.75) is 6.92 Å². The van der Waals surface area contributed by atoms with Gasteiger partial charge in [0.2, 0.25) is 5.78 Å². The standard InChI is InChI=1S/C28H24N2O8/c1-16-22(30-14-8-6-10-21(30)25(16)36-2)24(31)17-11-12-20(19(15-17)26(32)33)29-13-7-5-9-18(27(34)37-3)23(29)28(35)38-4/h5-15H,1-4H3,(H,32,33)/p-1. The van der Waals surface area contributed by atoms with Crippen molar-refractivity contribution in [1.29, 1.82) is 0 Å². The highest BCUT2D eigenvalue weighted by Crippen LogP contribution is 2.34. The second-order valence-electron chi connectivity index (χ2n) is 8.13. The molecule has 0 aliphatic carbocycles. The van der Waals surface area contributed by atoms with E-state index in [4.69, 9.17) is 14.2 Å². The van der Waals surface area contributed by atoms with E-state index in [2.05, 4.69) is 0 Å². The molecule has 3 aromatic rings. The summed E-state index contributed by atoms with van der Waals surface area (Å²) in [7, 11) is 3.78. The van der Waals surface area contributed by atoms with Crippen LogP contribution in [-0.4, -0.2) is 49.4 Å². The fraction of sp³-hybridized carbons (Fsp3) is 0.143. The first-order chi connectivity index (χ1) is 18.2. The molecule has 0 N–H and O–H groups in total. The number of methoxy groups -OCH3 is 3. The Balaban J connectivity index is 1.90. The molecule has 1 aliphatic heterocycles. The summed E-state index contributed by atoms with van der Waals surface area (Å²) in [5.74, 6) is -3.27. The van der Waals surface area contributed by atoms with Gasteiger partial charge in [-0.25, -0.2) is 9.59 Å². The lowest BCUT2D eigenvalue weighted by molar-refractivity contribution is -0.254. The number of carboxylic acids is 1. The van der Waals surface area contributed by atoms with Crippen LogP contribution in [0.4, 0.5) is 5.69 Å². The number of aromatic nitrogens is 1. The summed E-state index contributed by atoms with van der Waals surface area (Å²) < 4.78 is 16.8. The Morgan fingerprint density at radius 1 is 0.921 bits per heavy atom. The number of fused-ring (bicyclic) bond motifs is 1. The van der Waals surface area contributed by atoms with E-state index in [9.17, 15) is 24.3 Å². The number of allylic oxidation sites excluding steroid dienone is 2. The molecule has 194 valence electrons. The van der Waals surface area contributed by atoms with E-state index < -0.39 is 29.3 Å². The van der Waals surface area contributed by atoms with Crippen molar-refractivity contribution in [3.05, 3.63) is 101 Å². The fourth-order valence-electron chi connectivity index (χ4n) is 4.38. The molecule has 0 saturated heterocycles. The second kappa shape index (κ2) is 10.5. The van der Waals surface area contributed by atoms with Crippen molar-refractivity contribution >= 4 is 34.9 Å². The zero-order valence-electron chi connectivity index (χ0n) is 21.0. The summed E-state index contributed by atoms with van der Waals surface area (Å²) in [5.41, 5.74) is 0.782. The highest BCUT2D eigenvalue weighted by Gasteiger charge is 2.30. The average Bonchev–Trinajstić information content (AvgIpc) is 3.06. The molecule has 3 heterocycles. The number of ether oxygens (including phenoxy) is 3. The van der Waals surface area contributed by atoms with Gasteiger partial charge < -0.3 is 33.4 Å². The average molecular weight is 515 g/mol. The van der Waals surface area contributed by atoms with Gasteiger partial charge in [0.1, 0.15) is 17.1 Å². The van der Waals surface area contributed by atoms with Gasteiger partial charge in [0.15, 0.2) is 0 Å². The molecule has 1 aliphatic rings. The molecule has 0 amide bonds. The van der Waals surface area contributed by atoms with E-state index in [1.807, 2.05) is 6.07 Å². The number of nitrogens with zero attached hydrogens (tertiary/aromatic N) is 2. The quantitative estimate of drug-likeness (QED) is 0.344. The highest BCUT2D eigenvalue weighted by molar-refractivity contribution is 6.12. The molecule has 0 radical (unpaired) electrons. The lowest BCUT2D eigenvalue weighted by Crippen LogP contribution is -2.31. The lowest BCUT2D eigenvalue weighted by Gasteiger charge is -2.26. The van der Waals surface area contributed by atoms with E-state index in [0.717, 1.165) is 14.2 Å². The van der Waals surface area contributed by atoms with Crippen molar-refractivity contribution in [3.63, 3.8) is 0 Å². The Morgan fingerprint density at radius 2 is 1.66 bits per heavy atom. The molecular weight excluding hydrogens is 492 g/mol. The number of rotatable bonds is 7. The minimum atomic E-state index is -1.60. The monoisotopic (exact) mass is 515 g/mol. The molecule has 0 fully saturated rings. The zero-order chi connectivity index (χ0) is 27.6. The van der Waals surface area contributed by atoms with E-state index in [1.54, 1.807) is 29.7 Å². The number of benzene rings is 1. The third-order valence-electron chi connectivity index (χ3n) is 6.08. The number of hydrogen-bond donors (Lipinski definition) is 0. The van der Waals surface area contributed by atoms with Crippen LogP contribution in [0.1, 0.15) is 32.0 Å². The number of carbonyl (C=O) groups is 4. The van der Waals surface area contributed by atoms with Gasteiger partial charge >= 0.3 is 11.9 Å². The minimum absolute atomic E-state index is 0.0300. The van der Waals surface area contributed by atoms with Crippen molar-refractivity contribution in [1.82, 2.24) is 4.40 Å². The fourth-order valence-corrected chi connectivity index (χ4v) is 4.38. The topological polar surface area (TPSA) is 127 Å². The van der Waals surface area contributed by atoms with Crippen LogP contribution in [0.3, 0.4) is 0 Å². The summed E-state index contributed by atoms with van der Waals surface area (Å²) in [5, 5.41) is 12.3. The number of anilines is 1. The van der Waals surface area contributed by atoms with Crippen LogP contribution >= 0.6 is 0 Å². The van der Waals surface area contributed by atoms with Gasteiger partial charge in [0, 0.05) is 29.1 Å². The molecule has 10 nitrogen and oxygen atoms in total. The van der Waals surface area contributed by atoms with Crippen molar-refractivity contribution < 1.29 is 38.5 Å². The first-order valence-electron chi connectivity index (χ1n) is 11.3. The Labute approximate surface area is 217 Å². The number of aromatic carboxylic acids is 1. The van der Waals surface area contributed by atoms with Gasteiger partial charge in [0.25, 0.3) is 0 Å². The van der Waals surface area contributed by atoms with Crippen LogP contribution in [0, 0.1) is 6.92 Å². The van der Waals surface area contributed by atoms with Gasteiger partial charge in [-0.3, -0.25) is 4.79 Å². The van der Waals surface area contributed by atoms with Gasteiger partial charge in [-0.05, 0) is 49.4 Å². The van der Waals surface area contributed by atoms with E-state index in [-0.39, 0.29) is 22.5 Å². The third-order valence-corrected chi connectivity index (χ3v) is 6.08. The van der Waals surface area contributed by atoms with Crippen molar-refractivity contribution in [2.75, 3.05) is 26.2 Å². The highest BCUT2D eigenvalue weighted by atomic mass is 16.5. The van der Waals surface area contributed by atoms with Crippen LogP contribution in [0.5, 0.6) is 5.75 Å². The summed E-state index contributed by atoms with van der Waals surface area (Å²) in [6, 6.07) is 9.33. The molecule has 0 spiro atoms. The predicted molar refractivity (Wildman–Crippen MR) is 135 cm³/mol. The molecule has 1 aromatic carbocycles. The number of carbonyl (C=O) groups excluding carboxylic acids is 4. The maximum Gasteiger partial charge on any atom is 0.355 e. The van der Waals surface area contributed by atoms with Gasteiger partial charge in [-0.2, -0.15) is 0 Å². The molecule has 10 heteroatoms. The third kappa shape index (κ3) is 4.32. The van der Waals surface area contributed by atoms with Crippen molar-refractivity contribution in [3.8, 4) is 5.75 Å². The number of esters is 2. The first-order valence-corrected chi connectivity index (χ1v) is 11.3. The molecule has 0 saturated carbocycles. The summed E-state index contributed by atoms with van der Waals surface area (Å²) in [6.07, 6.45) is 7.43. The zero-order valence-corrected chi connectivity index (χ0v) is 21.0. The Hall–Kier alpha value is -5.12. The summed E-state index contributed by atoms with van der Waals surface area (Å²) in [6.45, 7) is 1.74. The van der Waals surface area contributed by atoms with E-state index in [0.29, 0.717) is 22.5 Å². The SMILES string of the molecule is COC(=O)C1=C(C(=O)OC)N(c2ccc(C(=O)c3c(C)c(OC)c4ccccn34)cc2C(=O)[O-])C=CC=C1. The van der Waals surface area contributed by atoms with Crippen LogP contribution in [0.25, 0.3) is 5.52 Å². The van der Waals surface area contributed by atoms with Gasteiger partial charge in [-0.15, -0.1) is 0 Å². The molecule has 4 rings (SSSR count). The van der Waals surface area contributed by atoms with Gasteiger partial charge in [-0.1, -0.05) is 12.1 Å². The Kier molecular flexibility index (Phi) is 7.15. The van der Waals surface area contributed by atoms with Gasteiger partial charge in [0.05, 0.1) is 44.1 Å². The Morgan fingerprint density at radius 3 is 2.32 bits per heavy atom. The minimum Gasteiger partial charge on any atom is -0.545 e. The number of carboxylic acid groups (broad SMARTS) is 1. The Bertz CT molecular complexity index is 1570. The molecular formula is C28H23N2O8-. The molecule has 38 heavy (non-hydrogen) atoms. The van der Waals surface area contributed by atoms with E-state index in [1.165, 1.54) is 54.6 Å². The first kappa shape index (κ1) is 26.0. The largest absolute Gasteiger partial charge is 0.545 e. The normalized spacial score (nSPS) is 12.9. The smallest absolute Gasteiger partial charge is 0.355 e. The van der Waals surface area contributed by atoms with Crippen LogP contribution in [0.15, 0.2) is 78.3 Å². The predicted octanol–water partition coefficient (Wildman–Crippen LogP) is 2.34. The summed E-state index contributed by atoms with van der Waals surface area (Å²) >= 11 is 0. The second-order valence-corrected chi connectivity index (χ2v) is 8.13. The summed E-state index contributed by atoms with van der Waals surface area (Å²) in [4.78, 5) is 52.3. The molecule has 0 bridgehead atoms. The number of ketones is 1. The maximum atomic E-state index is 13.7. The van der Waals surface area contributed by atoms with Crippen LogP contribution in [0.2, 0.25) is 0 Å². The number of hydrogen-bond acceptors (Lipinski definition) is 9. The molecule has 0 atom stereocenters. The maximum absolute atomic E-state index is 13.7. The lowest BCUT2D eigenvalue weighted by atomic mass is 10.0. The molecule has 0 unspecified atom stereocenters. The molecule has 2 aromatic heterocycles. The van der Waals surface area contributed by atoms with Crippen molar-refractivity contribution in [2.24, 2.45) is 0 Å².